The number of carbonyl (C=O) groups excluding carboxylic acids is 1. The second kappa shape index (κ2) is 6.45. The third-order valence-corrected chi connectivity index (χ3v) is 3.51. The van der Waals surface area contributed by atoms with Crippen molar-refractivity contribution in [3.8, 4) is 0 Å². The Kier molecular flexibility index (Phi) is 4.65. The molecule has 0 atom stereocenters. The number of hydrogen-bond acceptors (Lipinski definition) is 3. The highest BCUT2D eigenvalue weighted by molar-refractivity contribution is 9.10. The number of rotatable bonds is 4. The lowest BCUT2D eigenvalue weighted by atomic mass is 10.1. The van der Waals surface area contributed by atoms with E-state index in [9.17, 15) is 14.9 Å². The predicted octanol–water partition coefficient (Wildman–Crippen LogP) is 4.56. The minimum atomic E-state index is -0.427. The van der Waals surface area contributed by atoms with Crippen molar-refractivity contribution in [2.75, 3.05) is 0 Å². The third-order valence-electron chi connectivity index (χ3n) is 2.99. The van der Waals surface area contributed by atoms with Crippen molar-refractivity contribution in [3.63, 3.8) is 0 Å². The molecule has 0 N–H and O–H groups in total. The van der Waals surface area contributed by atoms with Gasteiger partial charge in [0.2, 0.25) is 0 Å². The molecule has 0 bridgehead atoms. The number of halogens is 1. The van der Waals surface area contributed by atoms with Gasteiger partial charge < -0.3 is 0 Å². The van der Waals surface area contributed by atoms with E-state index in [2.05, 4.69) is 15.9 Å². The molecule has 2 rings (SSSR count). The van der Waals surface area contributed by atoms with Crippen LogP contribution in [0.15, 0.2) is 53.0 Å². The molecule has 0 unspecified atom stereocenters. The summed E-state index contributed by atoms with van der Waals surface area (Å²) < 4.78 is 0.900. The first kappa shape index (κ1) is 15.1. The van der Waals surface area contributed by atoms with Gasteiger partial charge in [-0.3, -0.25) is 14.9 Å². The summed E-state index contributed by atoms with van der Waals surface area (Å²) in [6, 6.07) is 11.9. The van der Waals surface area contributed by atoms with E-state index in [1.807, 2.05) is 0 Å². The van der Waals surface area contributed by atoms with Crippen molar-refractivity contribution in [2.45, 2.75) is 6.92 Å². The fraction of sp³-hybridized carbons (Fsp3) is 0.0625. The maximum atomic E-state index is 12.0. The Labute approximate surface area is 130 Å². The highest BCUT2D eigenvalue weighted by Gasteiger charge is 2.10. The average molecular weight is 346 g/mol. The molecule has 0 spiro atoms. The summed E-state index contributed by atoms with van der Waals surface area (Å²) in [5, 5.41) is 10.9. The van der Waals surface area contributed by atoms with E-state index >= 15 is 0 Å². The zero-order chi connectivity index (χ0) is 15.4. The summed E-state index contributed by atoms with van der Waals surface area (Å²) in [4.78, 5) is 22.4. The van der Waals surface area contributed by atoms with Crippen molar-refractivity contribution in [2.24, 2.45) is 0 Å². The summed E-state index contributed by atoms with van der Waals surface area (Å²) in [6.07, 6.45) is 2.99. The van der Waals surface area contributed by atoms with E-state index < -0.39 is 4.92 Å². The zero-order valence-corrected chi connectivity index (χ0v) is 12.8. The van der Waals surface area contributed by atoms with Crippen LogP contribution in [0.25, 0.3) is 6.08 Å². The van der Waals surface area contributed by atoms with Crippen LogP contribution in [0.2, 0.25) is 0 Å². The van der Waals surface area contributed by atoms with Gasteiger partial charge in [-0.1, -0.05) is 34.1 Å². The minimum Gasteiger partial charge on any atom is -0.289 e. The number of nitro benzene ring substituents is 1. The lowest BCUT2D eigenvalue weighted by Crippen LogP contribution is -1.94. The first-order valence-corrected chi connectivity index (χ1v) is 6.99. The van der Waals surface area contributed by atoms with Crippen LogP contribution in [-0.4, -0.2) is 10.7 Å². The van der Waals surface area contributed by atoms with Gasteiger partial charge in [0.1, 0.15) is 0 Å². The van der Waals surface area contributed by atoms with E-state index in [4.69, 9.17) is 0 Å². The number of aryl methyl sites for hydroxylation is 1. The maximum absolute atomic E-state index is 12.0. The van der Waals surface area contributed by atoms with Crippen molar-refractivity contribution in [1.82, 2.24) is 0 Å². The van der Waals surface area contributed by atoms with E-state index in [0.717, 1.165) is 4.47 Å². The number of benzene rings is 2. The van der Waals surface area contributed by atoms with Gasteiger partial charge in [-0.2, -0.15) is 0 Å². The molecule has 2 aromatic rings. The van der Waals surface area contributed by atoms with Gasteiger partial charge in [-0.05, 0) is 42.8 Å². The summed E-state index contributed by atoms with van der Waals surface area (Å²) in [6.45, 7) is 1.68. The Morgan fingerprint density at radius 3 is 2.48 bits per heavy atom. The molecular weight excluding hydrogens is 334 g/mol. The largest absolute Gasteiger partial charge is 0.289 e. The molecule has 106 valence electrons. The lowest BCUT2D eigenvalue weighted by Gasteiger charge is -1.99. The molecule has 0 aromatic heterocycles. The van der Waals surface area contributed by atoms with Crippen LogP contribution in [0.3, 0.4) is 0 Å². The summed E-state index contributed by atoms with van der Waals surface area (Å²) in [7, 11) is 0. The first-order valence-electron chi connectivity index (χ1n) is 6.20. The van der Waals surface area contributed by atoms with Crippen LogP contribution < -0.4 is 0 Å². The molecule has 0 aliphatic heterocycles. The van der Waals surface area contributed by atoms with Gasteiger partial charge in [0, 0.05) is 21.7 Å². The van der Waals surface area contributed by atoms with Crippen LogP contribution in [0.5, 0.6) is 0 Å². The average Bonchev–Trinajstić information content (AvgIpc) is 2.46. The van der Waals surface area contributed by atoms with Crippen molar-refractivity contribution in [3.05, 3.63) is 79.8 Å². The molecule has 21 heavy (non-hydrogen) atoms. The highest BCUT2D eigenvalue weighted by atomic mass is 79.9. The number of ketones is 1. The van der Waals surface area contributed by atoms with Crippen LogP contribution in [-0.2, 0) is 0 Å². The van der Waals surface area contributed by atoms with E-state index in [-0.39, 0.29) is 11.5 Å². The Morgan fingerprint density at radius 1 is 1.19 bits per heavy atom. The van der Waals surface area contributed by atoms with Crippen LogP contribution in [0.1, 0.15) is 21.5 Å². The van der Waals surface area contributed by atoms with Crippen LogP contribution in [0, 0.1) is 17.0 Å². The van der Waals surface area contributed by atoms with Gasteiger partial charge >= 0.3 is 0 Å². The summed E-state index contributed by atoms with van der Waals surface area (Å²) in [5.74, 6) is -0.147. The van der Waals surface area contributed by atoms with Gasteiger partial charge in [-0.15, -0.1) is 0 Å². The molecule has 0 aliphatic carbocycles. The van der Waals surface area contributed by atoms with Crippen molar-refractivity contribution < 1.29 is 9.72 Å². The molecule has 0 aliphatic rings. The molecule has 0 heterocycles. The molecule has 0 saturated heterocycles. The quantitative estimate of drug-likeness (QED) is 0.353. The molecule has 0 fully saturated rings. The van der Waals surface area contributed by atoms with E-state index in [0.29, 0.717) is 16.7 Å². The monoisotopic (exact) mass is 345 g/mol. The maximum Gasteiger partial charge on any atom is 0.272 e. The first-order chi connectivity index (χ1) is 9.97. The van der Waals surface area contributed by atoms with Crippen LogP contribution >= 0.6 is 15.9 Å². The van der Waals surface area contributed by atoms with Crippen LogP contribution in [0.4, 0.5) is 5.69 Å². The number of nitro groups is 1. The number of nitrogens with zero attached hydrogens (tertiary/aromatic N) is 1. The zero-order valence-electron chi connectivity index (χ0n) is 11.2. The summed E-state index contributed by atoms with van der Waals surface area (Å²) in [5.41, 5.74) is 1.83. The molecule has 2 aromatic carbocycles. The van der Waals surface area contributed by atoms with Gasteiger partial charge in [0.15, 0.2) is 5.78 Å². The Morgan fingerprint density at radius 2 is 1.86 bits per heavy atom. The summed E-state index contributed by atoms with van der Waals surface area (Å²) >= 11 is 3.31. The lowest BCUT2D eigenvalue weighted by molar-refractivity contribution is -0.385. The molecule has 0 saturated carbocycles. The fourth-order valence-electron chi connectivity index (χ4n) is 1.81. The molecule has 0 amide bonds. The van der Waals surface area contributed by atoms with E-state index in [1.54, 1.807) is 49.4 Å². The fourth-order valence-corrected chi connectivity index (χ4v) is 2.07. The molecular formula is C16H12BrNO3. The second-order valence-corrected chi connectivity index (χ2v) is 5.42. The standard InChI is InChI=1S/C16H12BrNO3/c1-11-2-3-12(10-15(11)18(20)21)4-9-16(19)13-5-7-14(17)8-6-13/h2-10H,1H3/b9-4+. The Bertz CT molecular complexity index is 721. The third kappa shape index (κ3) is 3.86. The van der Waals surface area contributed by atoms with Crippen molar-refractivity contribution >= 4 is 33.5 Å². The number of allylic oxidation sites excluding steroid dienone is 1. The van der Waals surface area contributed by atoms with Gasteiger partial charge in [0.05, 0.1) is 4.92 Å². The van der Waals surface area contributed by atoms with E-state index in [1.165, 1.54) is 12.1 Å². The smallest absolute Gasteiger partial charge is 0.272 e. The Hall–Kier alpha value is -2.27. The Balaban J connectivity index is 2.21. The number of carbonyl (C=O) groups is 1. The molecule has 5 heteroatoms. The SMILES string of the molecule is Cc1ccc(/C=C/C(=O)c2ccc(Br)cc2)cc1[N+](=O)[O-]. The highest BCUT2D eigenvalue weighted by Crippen LogP contribution is 2.20. The topological polar surface area (TPSA) is 60.2 Å². The normalized spacial score (nSPS) is 10.8. The minimum absolute atomic E-state index is 0.0493. The molecule has 4 nitrogen and oxygen atoms in total. The van der Waals surface area contributed by atoms with Crippen molar-refractivity contribution in [1.29, 1.82) is 0 Å². The predicted molar refractivity (Wildman–Crippen MR) is 85.3 cm³/mol. The molecule has 0 radical (unpaired) electrons. The van der Waals surface area contributed by atoms with Gasteiger partial charge in [0.25, 0.3) is 5.69 Å². The van der Waals surface area contributed by atoms with Gasteiger partial charge in [-0.25, -0.2) is 0 Å². The second-order valence-electron chi connectivity index (χ2n) is 4.51. The number of hydrogen-bond donors (Lipinski definition) is 0.